The lowest BCUT2D eigenvalue weighted by Crippen LogP contribution is -2.38. The molecule has 1 saturated carbocycles. The van der Waals surface area contributed by atoms with Gasteiger partial charge < -0.3 is 14.6 Å². The van der Waals surface area contributed by atoms with Crippen molar-refractivity contribution in [3.8, 4) is 11.5 Å². The number of aliphatic hydroxyl groups excluding tert-OH is 1. The summed E-state index contributed by atoms with van der Waals surface area (Å²) < 4.78 is 11.5. The van der Waals surface area contributed by atoms with E-state index in [0.717, 1.165) is 35.8 Å². The van der Waals surface area contributed by atoms with Gasteiger partial charge in [-0.1, -0.05) is 13.3 Å². The van der Waals surface area contributed by atoms with Gasteiger partial charge in [0.2, 0.25) is 0 Å². The van der Waals surface area contributed by atoms with Crippen molar-refractivity contribution < 1.29 is 14.6 Å². The first-order chi connectivity index (χ1) is 9.15. The number of hydrogen-bond acceptors (Lipinski definition) is 3. The summed E-state index contributed by atoms with van der Waals surface area (Å²) in [4.78, 5) is 0. The fourth-order valence-electron chi connectivity index (χ4n) is 3.57. The Hall–Kier alpha value is -1.22. The van der Waals surface area contributed by atoms with Crippen molar-refractivity contribution in [2.75, 3.05) is 7.11 Å². The zero-order chi connectivity index (χ0) is 13.5. The molecule has 1 fully saturated rings. The summed E-state index contributed by atoms with van der Waals surface area (Å²) in [6.07, 6.45) is 4.84. The Morgan fingerprint density at radius 2 is 2.26 bits per heavy atom. The van der Waals surface area contributed by atoms with Crippen LogP contribution in [0.2, 0.25) is 0 Å². The molecule has 0 radical (unpaired) electrons. The third-order valence-corrected chi connectivity index (χ3v) is 4.71. The Labute approximate surface area is 114 Å². The second-order valence-corrected chi connectivity index (χ2v) is 5.93. The topological polar surface area (TPSA) is 38.7 Å². The zero-order valence-electron chi connectivity index (χ0n) is 11.7. The zero-order valence-corrected chi connectivity index (χ0v) is 11.7. The average molecular weight is 262 g/mol. The fourth-order valence-corrected chi connectivity index (χ4v) is 3.57. The summed E-state index contributed by atoms with van der Waals surface area (Å²) >= 11 is 0. The number of rotatable bonds is 2. The molecule has 104 valence electrons. The van der Waals surface area contributed by atoms with E-state index >= 15 is 0 Å². The Morgan fingerprint density at radius 1 is 1.42 bits per heavy atom. The molecule has 1 aliphatic heterocycles. The Kier molecular flexibility index (Phi) is 3.17. The van der Waals surface area contributed by atoms with E-state index < -0.39 is 6.10 Å². The van der Waals surface area contributed by atoms with Crippen LogP contribution in [0.4, 0.5) is 0 Å². The van der Waals surface area contributed by atoms with Crippen molar-refractivity contribution in [3.05, 3.63) is 23.8 Å². The summed E-state index contributed by atoms with van der Waals surface area (Å²) in [5, 5.41) is 10.4. The number of ether oxygens (including phenoxy) is 2. The van der Waals surface area contributed by atoms with E-state index in [0.29, 0.717) is 6.42 Å². The molecule has 1 N–H and O–H groups in total. The Bertz CT molecular complexity index is 471. The van der Waals surface area contributed by atoms with E-state index in [4.69, 9.17) is 9.47 Å². The first-order valence-electron chi connectivity index (χ1n) is 7.21. The molecule has 19 heavy (non-hydrogen) atoms. The highest BCUT2D eigenvalue weighted by molar-refractivity contribution is 5.43. The summed E-state index contributed by atoms with van der Waals surface area (Å²) in [5.74, 6) is 2.35. The second-order valence-electron chi connectivity index (χ2n) is 5.93. The minimum atomic E-state index is -0.436. The lowest BCUT2D eigenvalue weighted by Gasteiger charge is -2.38. The molecule has 3 unspecified atom stereocenters. The van der Waals surface area contributed by atoms with Crippen LogP contribution in [0.15, 0.2) is 18.2 Å². The molecule has 3 rings (SSSR count). The second kappa shape index (κ2) is 4.71. The number of benzene rings is 1. The van der Waals surface area contributed by atoms with Gasteiger partial charge in [0.25, 0.3) is 0 Å². The number of methoxy groups -OCH3 is 1. The van der Waals surface area contributed by atoms with Gasteiger partial charge in [-0.3, -0.25) is 0 Å². The lowest BCUT2D eigenvalue weighted by molar-refractivity contribution is -0.0123. The Balaban J connectivity index is 1.88. The molecule has 3 heteroatoms. The van der Waals surface area contributed by atoms with E-state index in [1.54, 1.807) is 7.11 Å². The van der Waals surface area contributed by atoms with Crippen LogP contribution < -0.4 is 9.47 Å². The smallest absolute Gasteiger partial charge is 0.126 e. The molecule has 3 nitrogen and oxygen atoms in total. The number of hydrogen-bond donors (Lipinski definition) is 1. The molecule has 1 aliphatic carbocycles. The molecule has 2 aliphatic rings. The van der Waals surface area contributed by atoms with Crippen LogP contribution in [0, 0.1) is 5.92 Å². The molecule has 1 spiro atoms. The summed E-state index contributed by atoms with van der Waals surface area (Å²) in [7, 11) is 1.64. The highest BCUT2D eigenvalue weighted by atomic mass is 16.5. The van der Waals surface area contributed by atoms with Gasteiger partial charge in [-0.15, -0.1) is 0 Å². The first kappa shape index (κ1) is 12.8. The maximum absolute atomic E-state index is 10.4. The standard InChI is InChI=1S/C16H22O3/c1-3-11-6-7-16(9-11)10-14(17)13-8-12(18-2)4-5-15(13)19-16/h4-5,8,11,14,17H,3,6-7,9-10H2,1-2H3. The van der Waals surface area contributed by atoms with Gasteiger partial charge in [0.15, 0.2) is 0 Å². The van der Waals surface area contributed by atoms with Crippen molar-refractivity contribution in [1.29, 1.82) is 0 Å². The predicted molar refractivity (Wildman–Crippen MR) is 73.6 cm³/mol. The minimum absolute atomic E-state index is 0.137. The normalized spacial score (nSPS) is 33.0. The quantitative estimate of drug-likeness (QED) is 0.887. The lowest BCUT2D eigenvalue weighted by atomic mass is 9.86. The van der Waals surface area contributed by atoms with Crippen LogP contribution in [0.3, 0.4) is 0 Å². The summed E-state index contributed by atoms with van der Waals surface area (Å²) in [5.41, 5.74) is 0.728. The molecular weight excluding hydrogens is 240 g/mol. The fraction of sp³-hybridized carbons (Fsp3) is 0.625. The van der Waals surface area contributed by atoms with E-state index in [9.17, 15) is 5.11 Å². The molecule has 1 aromatic carbocycles. The van der Waals surface area contributed by atoms with Crippen molar-refractivity contribution >= 4 is 0 Å². The largest absolute Gasteiger partial charge is 0.497 e. The number of aliphatic hydroxyl groups is 1. The third-order valence-electron chi connectivity index (χ3n) is 4.71. The van der Waals surface area contributed by atoms with Gasteiger partial charge >= 0.3 is 0 Å². The molecule has 0 amide bonds. The monoisotopic (exact) mass is 262 g/mol. The summed E-state index contributed by atoms with van der Waals surface area (Å²) in [6.45, 7) is 2.24. The minimum Gasteiger partial charge on any atom is -0.497 e. The third kappa shape index (κ3) is 2.20. The average Bonchev–Trinajstić information content (AvgIpc) is 2.81. The van der Waals surface area contributed by atoms with Gasteiger partial charge in [-0.2, -0.15) is 0 Å². The predicted octanol–water partition coefficient (Wildman–Crippen LogP) is 3.46. The van der Waals surface area contributed by atoms with Crippen molar-refractivity contribution in [3.63, 3.8) is 0 Å². The van der Waals surface area contributed by atoms with Gasteiger partial charge in [-0.25, -0.2) is 0 Å². The molecule has 0 aromatic heterocycles. The van der Waals surface area contributed by atoms with Crippen LogP contribution in [0.1, 0.15) is 50.7 Å². The van der Waals surface area contributed by atoms with E-state index in [2.05, 4.69) is 6.92 Å². The van der Waals surface area contributed by atoms with E-state index in [-0.39, 0.29) is 5.60 Å². The first-order valence-corrected chi connectivity index (χ1v) is 7.21. The van der Waals surface area contributed by atoms with Crippen molar-refractivity contribution in [1.82, 2.24) is 0 Å². The van der Waals surface area contributed by atoms with Crippen LogP contribution >= 0.6 is 0 Å². The highest BCUT2D eigenvalue weighted by Crippen LogP contribution is 2.49. The van der Waals surface area contributed by atoms with E-state index in [1.165, 1.54) is 12.8 Å². The van der Waals surface area contributed by atoms with E-state index in [1.807, 2.05) is 18.2 Å². The van der Waals surface area contributed by atoms with Crippen molar-refractivity contribution in [2.45, 2.75) is 50.7 Å². The Morgan fingerprint density at radius 3 is 2.95 bits per heavy atom. The van der Waals surface area contributed by atoms with Gasteiger partial charge in [-0.05, 0) is 43.4 Å². The van der Waals surface area contributed by atoms with Gasteiger partial charge in [0.1, 0.15) is 17.1 Å². The SMILES string of the molecule is CCC1CCC2(C1)CC(O)c1cc(OC)ccc1O2. The van der Waals surface area contributed by atoms with Gasteiger partial charge in [0, 0.05) is 12.0 Å². The van der Waals surface area contributed by atoms with Crippen molar-refractivity contribution in [2.24, 2.45) is 5.92 Å². The van der Waals surface area contributed by atoms with Crippen LogP contribution in [0.25, 0.3) is 0 Å². The summed E-state index contributed by atoms with van der Waals surface area (Å²) in [6, 6.07) is 5.72. The van der Waals surface area contributed by atoms with Gasteiger partial charge in [0.05, 0.1) is 13.2 Å². The molecule has 1 aromatic rings. The number of fused-ring (bicyclic) bond motifs is 1. The molecular formula is C16H22O3. The molecule has 1 heterocycles. The molecule has 0 bridgehead atoms. The van der Waals surface area contributed by atoms with Crippen LogP contribution in [-0.2, 0) is 0 Å². The highest BCUT2D eigenvalue weighted by Gasteiger charge is 2.45. The van der Waals surface area contributed by atoms with Crippen LogP contribution in [0.5, 0.6) is 11.5 Å². The maximum atomic E-state index is 10.4. The van der Waals surface area contributed by atoms with Crippen LogP contribution in [-0.4, -0.2) is 17.8 Å². The maximum Gasteiger partial charge on any atom is 0.126 e. The molecule has 3 atom stereocenters. The molecule has 0 saturated heterocycles.